The predicted molar refractivity (Wildman–Crippen MR) is 51.3 cm³/mol. The number of methoxy groups -OCH3 is 1. The quantitative estimate of drug-likeness (QED) is 0.823. The minimum atomic E-state index is -1.02. The Hall–Kier alpha value is -0.775. The first-order chi connectivity index (χ1) is 6.63. The zero-order valence-corrected chi connectivity index (χ0v) is 11.8. The van der Waals surface area contributed by atoms with Gasteiger partial charge in [0.2, 0.25) is 0 Å². The molecule has 0 unspecified atom stereocenters. The molecule has 0 fully saturated rings. The number of rotatable bonds is 3. The van der Waals surface area contributed by atoms with Crippen molar-refractivity contribution in [3.8, 4) is 11.5 Å². The topological polar surface area (TPSA) is 66.8 Å². The maximum absolute atomic E-state index is 10.2. The molecule has 0 aliphatic rings. The molecule has 77 valence electrons. The summed E-state index contributed by atoms with van der Waals surface area (Å²) in [7, 11) is 1.43. The van der Waals surface area contributed by atoms with E-state index >= 15 is 0 Å². The van der Waals surface area contributed by atoms with E-state index in [1.807, 2.05) is 0 Å². The molecule has 0 atom stereocenters. The smallest absolute Gasteiger partial charge is 0.328 e. The number of aromatic hydroxyl groups is 1. The summed E-state index contributed by atoms with van der Waals surface area (Å²) in [5.74, 6) is -0.672. The van der Waals surface area contributed by atoms with Crippen LogP contribution in [-0.2, 0) is 4.79 Å². The Kier molecular flexibility index (Phi) is 6.32. The summed E-state index contributed by atoms with van der Waals surface area (Å²) in [6.07, 6.45) is 2.44. The summed E-state index contributed by atoms with van der Waals surface area (Å²) in [6.45, 7) is 0. The fourth-order valence-corrected chi connectivity index (χ4v) is 0.965. The van der Waals surface area contributed by atoms with Crippen LogP contribution < -0.4 is 4.74 Å². The van der Waals surface area contributed by atoms with Crippen molar-refractivity contribution in [1.82, 2.24) is 0 Å². The van der Waals surface area contributed by atoms with Gasteiger partial charge in [-0.1, -0.05) is 6.07 Å². The fraction of sp³-hybridized carbons (Fsp3) is 0.100. The van der Waals surface area contributed by atoms with Crippen LogP contribution in [0.3, 0.4) is 0 Å². The second kappa shape index (κ2) is 6.66. The van der Waals surface area contributed by atoms with Crippen molar-refractivity contribution in [2.75, 3.05) is 7.11 Å². The third-order valence-electron chi connectivity index (χ3n) is 1.62. The van der Waals surface area contributed by atoms with Gasteiger partial charge in [-0.25, -0.2) is 4.79 Å². The molecule has 0 aliphatic heterocycles. The van der Waals surface area contributed by atoms with Gasteiger partial charge in [-0.05, 0) is 23.8 Å². The Balaban J connectivity index is 0.00000196. The number of hydrogen-bond donors (Lipinski definition) is 2. The summed E-state index contributed by atoms with van der Waals surface area (Å²) in [5.41, 5.74) is 0.655. The number of hydrogen-bond acceptors (Lipinski definition) is 3. The van der Waals surface area contributed by atoms with E-state index in [0.29, 0.717) is 11.3 Å². The molecule has 5 heteroatoms. The van der Waals surface area contributed by atoms with Gasteiger partial charge >= 0.3 is 5.97 Å². The van der Waals surface area contributed by atoms with E-state index in [9.17, 15) is 9.90 Å². The number of benzene rings is 1. The minimum Gasteiger partial charge on any atom is -0.504 e. The number of ether oxygens (including phenoxy) is 1. The summed E-state index contributed by atoms with van der Waals surface area (Å²) in [5, 5.41) is 17.6. The van der Waals surface area contributed by atoms with Crippen LogP contribution in [0.5, 0.6) is 11.5 Å². The van der Waals surface area contributed by atoms with E-state index in [1.165, 1.54) is 19.3 Å². The van der Waals surface area contributed by atoms with Crippen molar-refractivity contribution in [2.45, 2.75) is 0 Å². The number of carboxylic acid groups (broad SMARTS) is 1. The van der Waals surface area contributed by atoms with Crippen molar-refractivity contribution < 1.29 is 55.3 Å². The third-order valence-corrected chi connectivity index (χ3v) is 1.62. The van der Waals surface area contributed by atoms with Crippen LogP contribution in [0.2, 0.25) is 0 Å². The molecule has 1 radical (unpaired) electrons. The molecule has 0 heterocycles. The van der Waals surface area contributed by atoms with E-state index in [-0.39, 0.29) is 41.3 Å². The predicted octanol–water partition coefficient (Wildman–Crippen LogP) is 1.50. The van der Waals surface area contributed by atoms with E-state index in [4.69, 9.17) is 9.84 Å². The van der Waals surface area contributed by atoms with Crippen LogP contribution in [0.4, 0.5) is 0 Å². The number of phenols is 1. The van der Waals surface area contributed by atoms with Crippen LogP contribution in [0.15, 0.2) is 24.3 Å². The third kappa shape index (κ3) is 4.51. The molecule has 1 aromatic rings. The summed E-state index contributed by atoms with van der Waals surface area (Å²) >= 11 is 0. The molecule has 0 bridgehead atoms. The van der Waals surface area contributed by atoms with Crippen molar-refractivity contribution in [1.29, 1.82) is 0 Å². The van der Waals surface area contributed by atoms with Gasteiger partial charge in [0.05, 0.1) is 7.11 Å². The number of phenolic OH excluding ortho intramolecular Hbond substituents is 1. The van der Waals surface area contributed by atoms with Crippen LogP contribution in [0, 0.1) is 35.6 Å². The van der Waals surface area contributed by atoms with Crippen molar-refractivity contribution in [2.24, 2.45) is 0 Å². The minimum absolute atomic E-state index is 0. The standard InChI is InChI=1S/C10H10O4.La/c1-14-9-6-7(2-4-8(9)11)3-5-10(12)13;/h2-6,11H,1H3,(H,12,13);. The zero-order chi connectivity index (χ0) is 10.6. The van der Waals surface area contributed by atoms with Gasteiger partial charge in [0.1, 0.15) is 0 Å². The monoisotopic (exact) mass is 333 g/mol. The molecular weight excluding hydrogens is 323 g/mol. The van der Waals surface area contributed by atoms with Crippen LogP contribution in [0.1, 0.15) is 5.56 Å². The van der Waals surface area contributed by atoms with Gasteiger partial charge in [-0.15, -0.1) is 0 Å². The molecule has 15 heavy (non-hydrogen) atoms. The van der Waals surface area contributed by atoms with Crippen LogP contribution in [0.25, 0.3) is 6.08 Å². The summed E-state index contributed by atoms with van der Waals surface area (Å²) in [4.78, 5) is 10.2. The molecule has 0 spiro atoms. The van der Waals surface area contributed by atoms with E-state index < -0.39 is 5.97 Å². The van der Waals surface area contributed by atoms with Gasteiger partial charge < -0.3 is 14.9 Å². The van der Waals surface area contributed by atoms with Gasteiger partial charge in [-0.3, -0.25) is 0 Å². The van der Waals surface area contributed by atoms with E-state index in [2.05, 4.69) is 0 Å². The maximum Gasteiger partial charge on any atom is 0.328 e. The molecule has 0 saturated heterocycles. The molecule has 1 rings (SSSR count). The van der Waals surface area contributed by atoms with Gasteiger partial charge in [0.25, 0.3) is 0 Å². The summed E-state index contributed by atoms with van der Waals surface area (Å²) in [6, 6.07) is 4.59. The molecule has 0 saturated carbocycles. The number of aliphatic carboxylic acids is 1. The zero-order valence-electron chi connectivity index (χ0n) is 8.18. The Morgan fingerprint density at radius 1 is 1.47 bits per heavy atom. The summed E-state index contributed by atoms with van der Waals surface area (Å²) < 4.78 is 4.86. The molecule has 0 amide bonds. The molecule has 4 nitrogen and oxygen atoms in total. The van der Waals surface area contributed by atoms with Crippen LogP contribution in [-0.4, -0.2) is 23.3 Å². The molecule has 0 aromatic heterocycles. The molecule has 2 N–H and O–H groups in total. The van der Waals surface area contributed by atoms with Crippen molar-refractivity contribution in [3.63, 3.8) is 0 Å². The van der Waals surface area contributed by atoms with Crippen molar-refractivity contribution >= 4 is 12.0 Å². The molecular formula is C10H10LaO4. The average molecular weight is 333 g/mol. The number of carbonyl (C=O) groups is 1. The van der Waals surface area contributed by atoms with Gasteiger partial charge in [0, 0.05) is 41.7 Å². The molecule has 0 aliphatic carbocycles. The first-order valence-corrected chi connectivity index (χ1v) is 3.91. The molecule has 1 aromatic carbocycles. The SMILES string of the molecule is COc1cc(C=CC(=O)O)ccc1O.[La]. The Bertz CT molecular complexity index is 374. The second-order valence-electron chi connectivity index (χ2n) is 2.60. The van der Waals surface area contributed by atoms with Crippen molar-refractivity contribution in [3.05, 3.63) is 29.8 Å². The fourth-order valence-electron chi connectivity index (χ4n) is 0.965. The van der Waals surface area contributed by atoms with E-state index in [1.54, 1.807) is 12.1 Å². The first kappa shape index (κ1) is 14.2. The first-order valence-electron chi connectivity index (χ1n) is 3.91. The van der Waals surface area contributed by atoms with Crippen LogP contribution >= 0.6 is 0 Å². The maximum atomic E-state index is 10.2. The average Bonchev–Trinajstić information content (AvgIpc) is 2.16. The Morgan fingerprint density at radius 2 is 2.13 bits per heavy atom. The normalized spacial score (nSPS) is 9.67. The van der Waals surface area contributed by atoms with E-state index in [0.717, 1.165) is 6.08 Å². The Morgan fingerprint density at radius 3 is 2.67 bits per heavy atom. The van der Waals surface area contributed by atoms with Gasteiger partial charge in [-0.2, -0.15) is 0 Å². The largest absolute Gasteiger partial charge is 0.504 e. The second-order valence-corrected chi connectivity index (χ2v) is 2.60. The van der Waals surface area contributed by atoms with Gasteiger partial charge in [0.15, 0.2) is 11.5 Å². The number of carboxylic acids is 1. The Labute approximate surface area is 115 Å².